The summed E-state index contributed by atoms with van der Waals surface area (Å²) in [7, 11) is -0.430. The summed E-state index contributed by atoms with van der Waals surface area (Å²) in [6, 6.07) is 99.7. The Balaban J connectivity index is 0.000000125. The van der Waals surface area contributed by atoms with Crippen LogP contribution in [0.15, 0.2) is 300 Å². The minimum absolute atomic E-state index is 0.108. The second-order valence-corrected chi connectivity index (χ2v) is 28.9. The van der Waals surface area contributed by atoms with Crippen LogP contribution in [0.2, 0.25) is 5.28 Å². The maximum Gasteiger partial charge on any atom is 0.494 e. The van der Waals surface area contributed by atoms with E-state index >= 15 is 0 Å². The Morgan fingerprint density at radius 2 is 0.596 bits per heavy atom. The van der Waals surface area contributed by atoms with E-state index in [1.54, 1.807) is 0 Å². The fourth-order valence-corrected chi connectivity index (χ4v) is 14.9. The van der Waals surface area contributed by atoms with Gasteiger partial charge >= 0.3 is 7.12 Å². The molecule has 3 aliphatic heterocycles. The van der Waals surface area contributed by atoms with Gasteiger partial charge in [0.05, 0.1) is 45.3 Å². The molecule has 0 bridgehead atoms. The van der Waals surface area contributed by atoms with Crippen LogP contribution in [0, 0.1) is 0 Å². The number of nitrogens with zero attached hydrogens (tertiary/aromatic N) is 8. The molecule has 0 radical (unpaired) electrons. The first-order chi connectivity index (χ1) is 50.5. The average Bonchev–Trinajstić information content (AvgIpc) is 1.08. The van der Waals surface area contributed by atoms with Crippen molar-refractivity contribution < 1.29 is 18.1 Å². The zero-order chi connectivity index (χ0) is 71.1. The number of para-hydroxylation sites is 6. The fraction of sp³-hybridized carbons (Fsp3) is 0.133. The number of aromatic nitrogens is 6. The molecule has 104 heavy (non-hydrogen) atoms. The summed E-state index contributed by atoms with van der Waals surface area (Å²) in [6.07, 6.45) is 0. The van der Waals surface area contributed by atoms with Crippen molar-refractivity contribution in [1.29, 1.82) is 0 Å². The zero-order valence-corrected chi connectivity index (χ0v) is 59.6. The van der Waals surface area contributed by atoms with Crippen molar-refractivity contribution in [3.05, 3.63) is 319 Å². The molecule has 0 atom stereocenters. The molecular formula is C90H72BClN8O4. The molecule has 0 unspecified atom stereocenters. The Kier molecular flexibility index (Phi) is 16.3. The molecule has 4 aromatic heterocycles. The van der Waals surface area contributed by atoms with E-state index in [2.05, 4.69) is 250 Å². The van der Waals surface area contributed by atoms with Crippen LogP contribution in [0.25, 0.3) is 101 Å². The van der Waals surface area contributed by atoms with Crippen molar-refractivity contribution in [2.45, 2.75) is 77.4 Å². The van der Waals surface area contributed by atoms with Crippen molar-refractivity contribution >= 4 is 102 Å². The van der Waals surface area contributed by atoms with Crippen LogP contribution in [-0.2, 0) is 20.1 Å². The summed E-state index contributed by atoms with van der Waals surface area (Å²) in [5, 5.41) is 4.49. The molecule has 0 N–H and O–H groups in total. The molecule has 0 aliphatic carbocycles. The van der Waals surface area contributed by atoms with Crippen molar-refractivity contribution in [1.82, 2.24) is 29.9 Å². The van der Waals surface area contributed by atoms with Crippen LogP contribution >= 0.6 is 11.6 Å². The van der Waals surface area contributed by atoms with Gasteiger partial charge in [0.2, 0.25) is 5.28 Å². The van der Waals surface area contributed by atoms with Gasteiger partial charge in [0, 0.05) is 60.2 Å². The molecule has 0 saturated carbocycles. The number of anilines is 6. The monoisotopic (exact) mass is 1370 g/mol. The Morgan fingerprint density at radius 3 is 0.971 bits per heavy atom. The SMILES string of the molecule is CC1(C)c2ccccc2N(c2cccc3c2oc2cc(-c4nc(-c5ccccc5)nc(-c5ccccc5)n4)ccc23)c2ccccc21.CC1(C)c2ccccc2N(c2cccc3c2oc2cc(B4OC(C)(C)C(C)(C)O4)ccc23)c2ccccc21.Clc1nc(-c2ccccc2)nc(-c2ccccc2)n1. The fourth-order valence-electron chi connectivity index (χ4n) is 14.8. The van der Waals surface area contributed by atoms with Crippen molar-refractivity contribution in [2.75, 3.05) is 9.80 Å². The summed E-state index contributed by atoms with van der Waals surface area (Å²) in [6.45, 7) is 17.5. The molecule has 7 heterocycles. The van der Waals surface area contributed by atoms with E-state index in [0.717, 1.165) is 99.9 Å². The number of rotatable bonds is 8. The molecule has 12 aromatic carbocycles. The average molecular weight is 1380 g/mol. The second-order valence-electron chi connectivity index (χ2n) is 28.6. The first-order valence-corrected chi connectivity index (χ1v) is 35.5. The maximum absolute atomic E-state index is 6.80. The highest BCUT2D eigenvalue weighted by Gasteiger charge is 2.52. The molecule has 0 spiro atoms. The predicted octanol–water partition coefficient (Wildman–Crippen LogP) is 22.7. The van der Waals surface area contributed by atoms with Crippen LogP contribution in [0.3, 0.4) is 0 Å². The molecule has 0 amide bonds. The van der Waals surface area contributed by atoms with Crippen molar-refractivity contribution in [3.63, 3.8) is 0 Å². The van der Waals surface area contributed by atoms with Gasteiger partial charge in [0.1, 0.15) is 11.2 Å². The number of hydrogen-bond acceptors (Lipinski definition) is 12. The summed E-state index contributed by atoms with van der Waals surface area (Å²) in [4.78, 5) is 32.3. The lowest BCUT2D eigenvalue weighted by atomic mass is 9.73. The van der Waals surface area contributed by atoms with Gasteiger partial charge in [0.15, 0.2) is 40.3 Å². The lowest BCUT2D eigenvalue weighted by molar-refractivity contribution is 0.00578. The molecule has 12 nitrogen and oxygen atoms in total. The summed E-state index contributed by atoms with van der Waals surface area (Å²) in [5.74, 6) is 3.03. The quantitative estimate of drug-likeness (QED) is 0.134. The molecule has 14 heteroatoms. The van der Waals surface area contributed by atoms with Gasteiger partial charge in [-0.2, -0.15) is 9.97 Å². The van der Waals surface area contributed by atoms with E-state index in [-0.39, 0.29) is 16.1 Å². The van der Waals surface area contributed by atoms with Gasteiger partial charge in [-0.05, 0) is 122 Å². The van der Waals surface area contributed by atoms with E-state index in [1.807, 2.05) is 121 Å². The van der Waals surface area contributed by atoms with E-state index in [0.29, 0.717) is 29.1 Å². The van der Waals surface area contributed by atoms with Gasteiger partial charge in [-0.15, -0.1) is 0 Å². The third-order valence-corrected chi connectivity index (χ3v) is 21.1. The lowest BCUT2D eigenvalue weighted by Gasteiger charge is -2.41. The van der Waals surface area contributed by atoms with E-state index in [9.17, 15) is 0 Å². The number of halogens is 1. The summed E-state index contributed by atoms with van der Waals surface area (Å²) < 4.78 is 26.1. The van der Waals surface area contributed by atoms with Crippen LogP contribution in [-0.4, -0.2) is 48.2 Å². The minimum Gasteiger partial charge on any atom is -0.454 e. The Bertz CT molecular complexity index is 5720. The van der Waals surface area contributed by atoms with Crippen molar-refractivity contribution in [3.8, 4) is 56.9 Å². The van der Waals surface area contributed by atoms with Gasteiger partial charge in [-0.3, -0.25) is 0 Å². The molecule has 1 fully saturated rings. The normalized spacial score (nSPS) is 15.0. The molecule has 1 saturated heterocycles. The van der Waals surface area contributed by atoms with E-state index in [1.165, 1.54) is 33.6 Å². The number of benzene rings is 12. The largest absolute Gasteiger partial charge is 0.494 e. The first kappa shape index (κ1) is 65.4. The third-order valence-electron chi connectivity index (χ3n) is 20.9. The van der Waals surface area contributed by atoms with Gasteiger partial charge < -0.3 is 27.9 Å². The smallest absolute Gasteiger partial charge is 0.454 e. The van der Waals surface area contributed by atoms with Crippen LogP contribution < -0.4 is 15.3 Å². The molecule has 16 aromatic rings. The van der Waals surface area contributed by atoms with Crippen molar-refractivity contribution in [2.24, 2.45) is 0 Å². The molecular weight excluding hydrogens is 1300 g/mol. The summed E-state index contributed by atoms with van der Waals surface area (Å²) >= 11 is 5.99. The van der Waals surface area contributed by atoms with E-state index < -0.39 is 18.3 Å². The molecule has 3 aliphatic rings. The van der Waals surface area contributed by atoms with Crippen LogP contribution in [0.1, 0.15) is 77.6 Å². The van der Waals surface area contributed by atoms with Gasteiger partial charge in [-0.25, -0.2) is 19.9 Å². The summed E-state index contributed by atoms with van der Waals surface area (Å²) in [5.41, 5.74) is 19.8. The first-order valence-electron chi connectivity index (χ1n) is 35.1. The number of furan rings is 2. The predicted molar refractivity (Wildman–Crippen MR) is 422 cm³/mol. The van der Waals surface area contributed by atoms with Crippen LogP contribution in [0.4, 0.5) is 34.1 Å². The zero-order valence-electron chi connectivity index (χ0n) is 58.9. The Labute approximate surface area is 609 Å². The molecule has 19 rings (SSSR count). The van der Waals surface area contributed by atoms with Crippen LogP contribution in [0.5, 0.6) is 0 Å². The Morgan fingerprint density at radius 1 is 0.288 bits per heavy atom. The van der Waals surface area contributed by atoms with E-state index in [4.69, 9.17) is 44.7 Å². The highest BCUT2D eigenvalue weighted by Crippen LogP contribution is 2.55. The number of hydrogen-bond donors (Lipinski definition) is 0. The van der Waals surface area contributed by atoms with Gasteiger partial charge in [-0.1, -0.05) is 264 Å². The maximum atomic E-state index is 6.80. The Hall–Kier alpha value is -11.9. The van der Waals surface area contributed by atoms with Gasteiger partial charge in [0.25, 0.3) is 0 Å². The highest BCUT2D eigenvalue weighted by molar-refractivity contribution is 6.62. The standard InChI is InChI=1S/C42H30N4O.C33H32BNO3.C15H10ClN3/c1-42(2)32-19-9-11-21-34(32)46(35-22-12-10-20-33(35)42)36-23-13-18-31-30-25-24-29(26-37(30)47-38(31)36)41-44-39(27-14-5-3-6-15-27)43-40(45-41)28-16-7-4-8-17-28;1-31(2)24-13-7-9-15-26(24)35(27-16-10-8-14-25(27)31)28-17-11-12-23-22-19-18-21(20-29(22)36-30(23)28)34-37-32(3,4)33(5,6)38-34;16-15-18-13(11-7-3-1-4-8-11)17-14(19-15)12-9-5-2-6-10-12/h3-26H,1-2H3;7-20H,1-6H3;1-10H. The highest BCUT2D eigenvalue weighted by atomic mass is 35.5. The molecule has 506 valence electrons. The number of fused-ring (bicyclic) bond motifs is 10. The topological polar surface area (TPSA) is 129 Å². The second kappa shape index (κ2) is 25.9. The third kappa shape index (κ3) is 11.5. The lowest BCUT2D eigenvalue weighted by Crippen LogP contribution is -2.41. The minimum atomic E-state index is -0.430.